The molecule has 0 aliphatic carbocycles. The number of hydrogen-bond donors (Lipinski definition) is 3. The van der Waals surface area contributed by atoms with Gasteiger partial charge in [0.1, 0.15) is 0 Å². The molecule has 0 bridgehead atoms. The van der Waals surface area contributed by atoms with Crippen LogP contribution in [0.4, 0.5) is 5.69 Å². The molecule has 1 heterocycles. The molecule has 2 rings (SSSR count). The summed E-state index contributed by atoms with van der Waals surface area (Å²) in [7, 11) is 0. The molecule has 2 atom stereocenters. The Morgan fingerprint density at radius 3 is 2.94 bits per heavy atom. The summed E-state index contributed by atoms with van der Waals surface area (Å²) in [6.07, 6.45) is -0.00803. The van der Waals surface area contributed by atoms with Gasteiger partial charge in [-0.3, -0.25) is 4.79 Å². The van der Waals surface area contributed by atoms with Crippen LogP contribution in [0.2, 0.25) is 5.02 Å². The molecule has 3 N–H and O–H groups in total. The molecular weight excluding hydrogens is 354 g/mol. The van der Waals surface area contributed by atoms with Crippen LogP contribution in [0, 0.1) is 3.57 Å². The maximum Gasteiger partial charge on any atom is 0.241 e. The summed E-state index contributed by atoms with van der Waals surface area (Å²) in [4.78, 5) is 11.9. The molecular formula is C11H12ClIN2O2. The van der Waals surface area contributed by atoms with Crippen molar-refractivity contribution in [3.63, 3.8) is 0 Å². The number of halogens is 2. The normalized spacial score (nSPS) is 23.7. The van der Waals surface area contributed by atoms with E-state index in [4.69, 9.17) is 11.6 Å². The number of aliphatic hydroxyl groups excluding tert-OH is 1. The van der Waals surface area contributed by atoms with Crippen molar-refractivity contribution in [1.82, 2.24) is 5.32 Å². The maximum absolute atomic E-state index is 11.9. The molecule has 1 aliphatic rings. The molecule has 0 radical (unpaired) electrons. The fourth-order valence-electron chi connectivity index (χ4n) is 1.73. The third-order valence-corrected chi connectivity index (χ3v) is 3.60. The molecule has 4 nitrogen and oxygen atoms in total. The van der Waals surface area contributed by atoms with E-state index in [0.717, 1.165) is 3.57 Å². The average Bonchev–Trinajstić information content (AvgIpc) is 2.69. The van der Waals surface area contributed by atoms with Gasteiger partial charge >= 0.3 is 0 Å². The van der Waals surface area contributed by atoms with Gasteiger partial charge in [-0.25, -0.2) is 0 Å². The topological polar surface area (TPSA) is 61.4 Å². The smallest absolute Gasteiger partial charge is 0.241 e. The number of nitrogens with one attached hydrogen (secondary N) is 2. The quantitative estimate of drug-likeness (QED) is 0.697. The van der Waals surface area contributed by atoms with Crippen LogP contribution in [0.25, 0.3) is 0 Å². The molecule has 2 unspecified atom stereocenters. The first-order chi connectivity index (χ1) is 8.06. The fourth-order valence-corrected chi connectivity index (χ4v) is 2.63. The number of hydrogen-bond acceptors (Lipinski definition) is 3. The lowest BCUT2D eigenvalue weighted by molar-refractivity contribution is -0.117. The molecule has 0 aromatic heterocycles. The number of anilines is 1. The van der Waals surface area contributed by atoms with Gasteiger partial charge < -0.3 is 15.7 Å². The first kappa shape index (κ1) is 13.1. The molecule has 0 spiro atoms. The Kier molecular flexibility index (Phi) is 4.24. The number of rotatable bonds is 2. The Labute approximate surface area is 118 Å². The molecule has 1 saturated heterocycles. The predicted molar refractivity (Wildman–Crippen MR) is 75.2 cm³/mol. The van der Waals surface area contributed by atoms with Gasteiger partial charge in [0.25, 0.3) is 0 Å². The Balaban J connectivity index is 2.03. The summed E-state index contributed by atoms with van der Waals surface area (Å²) in [6, 6.07) is 5.08. The van der Waals surface area contributed by atoms with E-state index in [1.165, 1.54) is 0 Å². The second kappa shape index (κ2) is 5.51. The molecule has 1 fully saturated rings. The number of carbonyl (C=O) groups is 1. The molecule has 1 aromatic carbocycles. The maximum atomic E-state index is 11.9. The number of benzene rings is 1. The van der Waals surface area contributed by atoms with Crippen molar-refractivity contribution < 1.29 is 9.90 Å². The lowest BCUT2D eigenvalue weighted by atomic mass is 10.2. The highest BCUT2D eigenvalue weighted by molar-refractivity contribution is 14.1. The molecule has 1 aliphatic heterocycles. The number of aliphatic hydroxyl groups is 1. The lowest BCUT2D eigenvalue weighted by Crippen LogP contribution is -2.35. The van der Waals surface area contributed by atoms with Gasteiger partial charge in [-0.2, -0.15) is 0 Å². The van der Waals surface area contributed by atoms with Gasteiger partial charge in [0.2, 0.25) is 5.91 Å². The molecule has 17 heavy (non-hydrogen) atoms. The van der Waals surface area contributed by atoms with Gasteiger partial charge in [-0.1, -0.05) is 11.6 Å². The zero-order chi connectivity index (χ0) is 12.4. The minimum atomic E-state index is -0.446. The van der Waals surface area contributed by atoms with E-state index in [9.17, 15) is 9.90 Å². The monoisotopic (exact) mass is 366 g/mol. The summed E-state index contributed by atoms with van der Waals surface area (Å²) in [5.74, 6) is -0.162. The van der Waals surface area contributed by atoms with E-state index in [1.807, 2.05) is 6.07 Å². The van der Waals surface area contributed by atoms with Crippen molar-refractivity contribution in [2.24, 2.45) is 0 Å². The van der Waals surface area contributed by atoms with Crippen molar-refractivity contribution >= 4 is 45.8 Å². The fraction of sp³-hybridized carbons (Fsp3) is 0.364. The van der Waals surface area contributed by atoms with E-state index in [2.05, 4.69) is 33.2 Å². The third-order valence-electron chi connectivity index (χ3n) is 2.61. The highest BCUT2D eigenvalue weighted by Crippen LogP contribution is 2.24. The van der Waals surface area contributed by atoms with Crippen LogP contribution in [-0.4, -0.2) is 29.7 Å². The summed E-state index contributed by atoms with van der Waals surface area (Å²) in [6.45, 7) is 0.457. The standard InChI is InChI=1S/C11H12ClIN2O2/c12-8-3-6(13)1-2-9(8)15-11(17)10-4-7(16)5-14-10/h1-3,7,10,14,16H,4-5H2,(H,15,17). The first-order valence-corrected chi connectivity index (χ1v) is 6.69. The largest absolute Gasteiger partial charge is 0.392 e. The second-order valence-corrected chi connectivity index (χ2v) is 5.62. The van der Waals surface area contributed by atoms with Crippen LogP contribution < -0.4 is 10.6 Å². The average molecular weight is 367 g/mol. The van der Waals surface area contributed by atoms with Gasteiger partial charge in [-0.05, 0) is 47.2 Å². The summed E-state index contributed by atoms with van der Waals surface area (Å²) in [5.41, 5.74) is 0.597. The van der Waals surface area contributed by atoms with Gasteiger partial charge in [0.15, 0.2) is 0 Å². The second-order valence-electron chi connectivity index (χ2n) is 3.96. The highest BCUT2D eigenvalue weighted by atomic mass is 127. The number of amides is 1. The van der Waals surface area contributed by atoms with Crippen LogP contribution in [-0.2, 0) is 4.79 Å². The molecule has 0 saturated carbocycles. The SMILES string of the molecule is O=C(Nc1ccc(I)cc1Cl)C1CC(O)CN1. The first-order valence-electron chi connectivity index (χ1n) is 5.23. The zero-order valence-electron chi connectivity index (χ0n) is 8.91. The predicted octanol–water partition coefficient (Wildman–Crippen LogP) is 1.61. The summed E-state index contributed by atoms with van der Waals surface area (Å²) < 4.78 is 1.01. The minimum absolute atomic E-state index is 0.162. The van der Waals surface area contributed by atoms with Crippen molar-refractivity contribution in [2.45, 2.75) is 18.6 Å². The van der Waals surface area contributed by atoms with Gasteiger partial charge in [0, 0.05) is 10.1 Å². The van der Waals surface area contributed by atoms with Crippen molar-refractivity contribution in [3.8, 4) is 0 Å². The van der Waals surface area contributed by atoms with E-state index >= 15 is 0 Å². The molecule has 92 valence electrons. The van der Waals surface area contributed by atoms with Crippen LogP contribution in [0.15, 0.2) is 18.2 Å². The molecule has 1 amide bonds. The zero-order valence-corrected chi connectivity index (χ0v) is 11.8. The Hall–Kier alpha value is -0.370. The minimum Gasteiger partial charge on any atom is -0.392 e. The Bertz CT molecular complexity index is 441. The van der Waals surface area contributed by atoms with Crippen molar-refractivity contribution in [2.75, 3.05) is 11.9 Å². The number of β-amino-alcohol motifs (C(OH)–C–C–N with tert-alkyl or cyclic N) is 1. The van der Waals surface area contributed by atoms with E-state index in [0.29, 0.717) is 23.7 Å². The third kappa shape index (κ3) is 3.31. The van der Waals surface area contributed by atoms with E-state index in [-0.39, 0.29) is 11.9 Å². The van der Waals surface area contributed by atoms with Crippen LogP contribution >= 0.6 is 34.2 Å². The summed E-state index contributed by atoms with van der Waals surface area (Å²) >= 11 is 8.17. The number of carbonyl (C=O) groups excluding carboxylic acids is 1. The van der Waals surface area contributed by atoms with E-state index in [1.54, 1.807) is 12.1 Å². The van der Waals surface area contributed by atoms with E-state index < -0.39 is 6.10 Å². The summed E-state index contributed by atoms with van der Waals surface area (Å²) in [5, 5.41) is 15.6. The van der Waals surface area contributed by atoms with Crippen molar-refractivity contribution in [1.29, 1.82) is 0 Å². The molecule has 6 heteroatoms. The van der Waals surface area contributed by atoms with Crippen LogP contribution in [0.1, 0.15) is 6.42 Å². The van der Waals surface area contributed by atoms with Crippen molar-refractivity contribution in [3.05, 3.63) is 26.8 Å². The van der Waals surface area contributed by atoms with Gasteiger partial charge in [-0.15, -0.1) is 0 Å². The lowest BCUT2D eigenvalue weighted by Gasteiger charge is -2.12. The Morgan fingerprint density at radius 1 is 1.59 bits per heavy atom. The highest BCUT2D eigenvalue weighted by Gasteiger charge is 2.28. The Morgan fingerprint density at radius 2 is 2.35 bits per heavy atom. The van der Waals surface area contributed by atoms with Crippen LogP contribution in [0.5, 0.6) is 0 Å². The van der Waals surface area contributed by atoms with Crippen LogP contribution in [0.3, 0.4) is 0 Å². The van der Waals surface area contributed by atoms with Gasteiger partial charge in [0.05, 0.1) is 22.9 Å². The molecule has 1 aromatic rings.